The van der Waals surface area contributed by atoms with Gasteiger partial charge in [-0.2, -0.15) is 9.67 Å². The number of carbonyl (C=O) groups excluding carboxylic acids is 1. The van der Waals surface area contributed by atoms with E-state index in [9.17, 15) is 9.18 Å². The number of aldehydes is 1. The Morgan fingerprint density at radius 1 is 1.24 bits per heavy atom. The van der Waals surface area contributed by atoms with Crippen molar-refractivity contribution in [2.24, 2.45) is 0 Å². The van der Waals surface area contributed by atoms with Crippen LogP contribution in [-0.2, 0) is 0 Å². The average molecular weight is 290 g/mol. The number of aromatic nitrogens is 5. The smallest absolute Gasteiger partial charge is 0.227 e. The van der Waals surface area contributed by atoms with Crippen LogP contribution >= 0.6 is 0 Å². The molecule has 1 saturated heterocycles. The van der Waals surface area contributed by atoms with Gasteiger partial charge in [0, 0.05) is 13.1 Å². The Balaban J connectivity index is 2.00. The molecule has 0 N–H and O–H groups in total. The van der Waals surface area contributed by atoms with Gasteiger partial charge in [-0.25, -0.2) is 14.4 Å². The van der Waals surface area contributed by atoms with Gasteiger partial charge in [0.05, 0.1) is 6.20 Å². The number of hydrogen-bond acceptors (Lipinski definition) is 6. The third-order valence-corrected chi connectivity index (χ3v) is 3.44. The standard InChI is InChI=1S/C13H15FN6O/c1-9-16-11(8-21)18-20(9)12-10(14)7-15-13(17-12)19-5-3-2-4-6-19/h7-8H,2-6H2,1H3. The molecule has 110 valence electrons. The van der Waals surface area contributed by atoms with Crippen molar-refractivity contribution in [1.29, 1.82) is 0 Å². The summed E-state index contributed by atoms with van der Waals surface area (Å²) in [4.78, 5) is 25.0. The largest absolute Gasteiger partial charge is 0.341 e. The van der Waals surface area contributed by atoms with Gasteiger partial charge in [-0.15, -0.1) is 5.10 Å². The molecule has 3 heterocycles. The van der Waals surface area contributed by atoms with Gasteiger partial charge in [-0.05, 0) is 26.2 Å². The minimum absolute atomic E-state index is 0.00466. The van der Waals surface area contributed by atoms with E-state index >= 15 is 0 Å². The summed E-state index contributed by atoms with van der Waals surface area (Å²) in [5, 5.41) is 3.93. The molecule has 2 aromatic heterocycles. The first kappa shape index (κ1) is 13.6. The van der Waals surface area contributed by atoms with Gasteiger partial charge < -0.3 is 4.90 Å². The summed E-state index contributed by atoms with van der Waals surface area (Å²) in [5.41, 5.74) is 0. The zero-order valence-electron chi connectivity index (χ0n) is 11.7. The van der Waals surface area contributed by atoms with Crippen LogP contribution in [0.15, 0.2) is 6.20 Å². The van der Waals surface area contributed by atoms with Crippen LogP contribution < -0.4 is 4.90 Å². The van der Waals surface area contributed by atoms with E-state index in [4.69, 9.17) is 0 Å². The second kappa shape index (κ2) is 5.55. The van der Waals surface area contributed by atoms with Crippen LogP contribution in [0.3, 0.4) is 0 Å². The Morgan fingerprint density at radius 3 is 2.67 bits per heavy atom. The summed E-state index contributed by atoms with van der Waals surface area (Å²) < 4.78 is 15.2. The molecule has 3 rings (SSSR count). The zero-order chi connectivity index (χ0) is 14.8. The summed E-state index contributed by atoms with van der Waals surface area (Å²) in [6, 6.07) is 0. The molecule has 1 aliphatic heterocycles. The molecule has 1 aliphatic rings. The molecule has 0 aliphatic carbocycles. The van der Waals surface area contributed by atoms with E-state index in [0.29, 0.717) is 18.1 Å². The fourth-order valence-electron chi connectivity index (χ4n) is 2.40. The lowest BCUT2D eigenvalue weighted by Gasteiger charge is -2.26. The highest BCUT2D eigenvalue weighted by Crippen LogP contribution is 2.18. The number of piperidine rings is 1. The van der Waals surface area contributed by atoms with Crippen LogP contribution in [0.4, 0.5) is 10.3 Å². The highest BCUT2D eigenvalue weighted by Gasteiger charge is 2.18. The van der Waals surface area contributed by atoms with Gasteiger partial charge in [0.2, 0.25) is 11.8 Å². The lowest BCUT2D eigenvalue weighted by Crippen LogP contribution is -2.31. The van der Waals surface area contributed by atoms with E-state index in [1.165, 1.54) is 11.1 Å². The summed E-state index contributed by atoms with van der Waals surface area (Å²) >= 11 is 0. The average Bonchev–Trinajstić information content (AvgIpc) is 2.90. The summed E-state index contributed by atoms with van der Waals surface area (Å²) in [5.74, 6) is 0.308. The molecule has 7 nitrogen and oxygen atoms in total. The molecule has 0 atom stereocenters. The molecule has 0 aromatic carbocycles. The van der Waals surface area contributed by atoms with E-state index in [-0.39, 0.29) is 11.6 Å². The summed E-state index contributed by atoms with van der Waals surface area (Å²) in [6.07, 6.45) is 5.00. The molecule has 8 heteroatoms. The molecular formula is C13H15FN6O. The van der Waals surface area contributed by atoms with Gasteiger partial charge in [-0.1, -0.05) is 0 Å². The molecule has 0 unspecified atom stereocenters. The van der Waals surface area contributed by atoms with E-state index in [0.717, 1.165) is 32.1 Å². The second-order valence-corrected chi connectivity index (χ2v) is 4.94. The number of aryl methyl sites for hydroxylation is 1. The maximum atomic E-state index is 14.0. The van der Waals surface area contributed by atoms with Gasteiger partial charge >= 0.3 is 0 Å². The van der Waals surface area contributed by atoms with Crippen LogP contribution in [0, 0.1) is 12.7 Å². The van der Waals surface area contributed by atoms with E-state index in [2.05, 4.69) is 20.1 Å². The van der Waals surface area contributed by atoms with E-state index < -0.39 is 5.82 Å². The van der Waals surface area contributed by atoms with E-state index in [1.807, 2.05) is 4.90 Å². The molecule has 0 radical (unpaired) electrons. The topological polar surface area (TPSA) is 76.8 Å². The van der Waals surface area contributed by atoms with Crippen molar-refractivity contribution in [3.8, 4) is 5.82 Å². The summed E-state index contributed by atoms with van der Waals surface area (Å²) in [6.45, 7) is 3.37. The number of halogens is 1. The minimum atomic E-state index is -0.596. The van der Waals surface area contributed by atoms with Crippen LogP contribution in [-0.4, -0.2) is 44.1 Å². The number of nitrogens with zero attached hydrogens (tertiary/aromatic N) is 6. The fourth-order valence-corrected chi connectivity index (χ4v) is 2.40. The Labute approximate surface area is 120 Å². The number of hydrogen-bond donors (Lipinski definition) is 0. The highest BCUT2D eigenvalue weighted by atomic mass is 19.1. The molecule has 21 heavy (non-hydrogen) atoms. The molecule has 2 aromatic rings. The normalized spacial score (nSPS) is 15.2. The van der Waals surface area contributed by atoms with Crippen molar-refractivity contribution in [1.82, 2.24) is 24.7 Å². The van der Waals surface area contributed by atoms with Crippen LogP contribution in [0.25, 0.3) is 5.82 Å². The monoisotopic (exact) mass is 290 g/mol. The third kappa shape index (κ3) is 2.61. The maximum absolute atomic E-state index is 14.0. The number of anilines is 1. The Kier molecular flexibility index (Phi) is 3.59. The van der Waals surface area contributed by atoms with E-state index in [1.54, 1.807) is 6.92 Å². The van der Waals surface area contributed by atoms with Crippen molar-refractivity contribution in [2.45, 2.75) is 26.2 Å². The lowest BCUT2D eigenvalue weighted by atomic mass is 10.1. The minimum Gasteiger partial charge on any atom is -0.341 e. The van der Waals surface area contributed by atoms with Gasteiger partial charge in [0.15, 0.2) is 17.9 Å². The van der Waals surface area contributed by atoms with Crippen LogP contribution in [0.1, 0.15) is 35.7 Å². The Bertz CT molecular complexity index is 665. The lowest BCUT2D eigenvalue weighted by molar-refractivity contribution is 0.111. The quantitative estimate of drug-likeness (QED) is 0.793. The molecule has 0 saturated carbocycles. The van der Waals surface area contributed by atoms with Crippen molar-refractivity contribution in [2.75, 3.05) is 18.0 Å². The molecule has 1 fully saturated rings. The third-order valence-electron chi connectivity index (χ3n) is 3.44. The van der Waals surface area contributed by atoms with Crippen molar-refractivity contribution < 1.29 is 9.18 Å². The Hall–Kier alpha value is -2.38. The van der Waals surface area contributed by atoms with Gasteiger partial charge in [0.1, 0.15) is 5.82 Å². The molecule has 0 spiro atoms. The van der Waals surface area contributed by atoms with Crippen LogP contribution in [0.5, 0.6) is 0 Å². The first-order valence-corrected chi connectivity index (χ1v) is 6.86. The van der Waals surface area contributed by atoms with Gasteiger partial charge in [0.25, 0.3) is 0 Å². The predicted octanol–water partition coefficient (Wildman–Crippen LogP) is 1.31. The molecule has 0 amide bonds. The first-order valence-electron chi connectivity index (χ1n) is 6.86. The van der Waals surface area contributed by atoms with Crippen molar-refractivity contribution >= 4 is 12.2 Å². The molecular weight excluding hydrogens is 275 g/mol. The SMILES string of the molecule is Cc1nc(C=O)nn1-c1nc(N2CCCCC2)ncc1F. The second-order valence-electron chi connectivity index (χ2n) is 4.94. The predicted molar refractivity (Wildman–Crippen MR) is 73.1 cm³/mol. The Morgan fingerprint density at radius 2 is 2.00 bits per heavy atom. The molecule has 0 bridgehead atoms. The first-order chi connectivity index (χ1) is 10.2. The number of rotatable bonds is 3. The highest BCUT2D eigenvalue weighted by molar-refractivity contribution is 5.68. The van der Waals surface area contributed by atoms with Crippen molar-refractivity contribution in [3.63, 3.8) is 0 Å². The maximum Gasteiger partial charge on any atom is 0.227 e. The summed E-state index contributed by atoms with van der Waals surface area (Å²) in [7, 11) is 0. The van der Waals surface area contributed by atoms with Crippen LogP contribution in [0.2, 0.25) is 0 Å². The van der Waals surface area contributed by atoms with Crippen molar-refractivity contribution in [3.05, 3.63) is 23.7 Å². The number of carbonyl (C=O) groups is 1. The van der Waals surface area contributed by atoms with Gasteiger partial charge in [-0.3, -0.25) is 4.79 Å². The zero-order valence-corrected chi connectivity index (χ0v) is 11.7. The fraction of sp³-hybridized carbons (Fsp3) is 0.462.